The summed E-state index contributed by atoms with van der Waals surface area (Å²) in [6.45, 7) is 40.9. The van der Waals surface area contributed by atoms with Gasteiger partial charge in [-0.1, -0.05) is 111 Å². The van der Waals surface area contributed by atoms with Gasteiger partial charge < -0.3 is 86.1 Å². The highest BCUT2D eigenvalue weighted by Crippen LogP contribution is 2.41. The fourth-order valence-corrected chi connectivity index (χ4v) is 13.9. The van der Waals surface area contributed by atoms with Gasteiger partial charge in [-0.3, -0.25) is 24.0 Å². The van der Waals surface area contributed by atoms with Crippen LogP contribution in [0.4, 0.5) is 0 Å². The summed E-state index contributed by atoms with van der Waals surface area (Å²) in [7, 11) is 0. The molecule has 7 unspecified atom stereocenters. The first kappa shape index (κ1) is 120. The smallest absolute Gasteiger partial charge is 0.335 e. The van der Waals surface area contributed by atoms with Gasteiger partial charge in [-0.15, -0.1) is 0 Å². The van der Waals surface area contributed by atoms with Crippen LogP contribution in [0.15, 0.2) is 155 Å². The van der Waals surface area contributed by atoms with Crippen molar-refractivity contribution in [3.05, 3.63) is 239 Å². The van der Waals surface area contributed by atoms with Crippen LogP contribution >= 0.6 is 0 Å². The van der Waals surface area contributed by atoms with E-state index in [1.165, 1.54) is 72.9 Å². The molecule has 0 radical (unpaired) electrons. The molecule has 2 heterocycles. The van der Waals surface area contributed by atoms with Crippen molar-refractivity contribution in [3.63, 3.8) is 0 Å². The Bertz CT molecular complexity index is 5310. The first-order chi connectivity index (χ1) is 63.3. The summed E-state index contributed by atoms with van der Waals surface area (Å²) >= 11 is 0. The highest BCUT2D eigenvalue weighted by atomic mass is 16.5. The normalized spacial score (nSPS) is 15.5. The zero-order valence-electron chi connectivity index (χ0n) is 84.2. The Balaban J connectivity index is 0.000000441. The van der Waals surface area contributed by atoms with E-state index in [4.69, 9.17) is 19.7 Å². The first-order valence-electron chi connectivity index (χ1n) is 46.4. The average molecular weight is 1900 g/mol. The summed E-state index contributed by atoms with van der Waals surface area (Å²) in [4.78, 5) is 118. The monoisotopic (exact) mass is 1900 g/mol. The largest absolute Gasteiger partial charge is 0.507 e. The summed E-state index contributed by atoms with van der Waals surface area (Å²) in [5.74, 6) is -5.11. The first-order valence-corrected chi connectivity index (χ1v) is 46.4. The number of Topliss-reactive ketones (excluding diaryl/α,β-unsaturated/α-hetero) is 2. The van der Waals surface area contributed by atoms with Crippen molar-refractivity contribution < 1.29 is 134 Å². The minimum absolute atomic E-state index is 0.0127. The van der Waals surface area contributed by atoms with Crippen LogP contribution in [0, 0.1) is 29.6 Å². The van der Waals surface area contributed by atoms with E-state index in [-0.39, 0.29) is 117 Å². The fourth-order valence-electron chi connectivity index (χ4n) is 13.9. The number of carboxylic acids is 5. The third-order valence-electron chi connectivity index (χ3n) is 23.4. The number of carbonyl (C=O) groups is 10. The van der Waals surface area contributed by atoms with Crippen molar-refractivity contribution >= 4 is 58.8 Å². The van der Waals surface area contributed by atoms with E-state index in [0.29, 0.717) is 165 Å². The number of aromatic hydroxyl groups is 3. The number of hydrogen-bond acceptors (Lipinski definition) is 22. The topological polar surface area (TPSA) is 493 Å². The molecule has 5 aromatic rings. The molecule has 2 aliphatic heterocycles. The summed E-state index contributed by atoms with van der Waals surface area (Å²) in [5.41, 5.74) is 6.63. The van der Waals surface area contributed by atoms with Crippen LogP contribution in [0.2, 0.25) is 0 Å². The van der Waals surface area contributed by atoms with Gasteiger partial charge in [0, 0.05) is 55.3 Å². The van der Waals surface area contributed by atoms with E-state index in [2.05, 4.69) is 0 Å². The maximum absolute atomic E-state index is 12.3. The third-order valence-corrected chi connectivity index (χ3v) is 23.4. The molecule has 2 aliphatic rings. The van der Waals surface area contributed by atoms with Gasteiger partial charge in [0.1, 0.15) is 51.5 Å². The number of phenolic OH excluding ortho intramolecular Hbond substituents is 3. The van der Waals surface area contributed by atoms with Crippen LogP contribution in [-0.2, 0) is 88.2 Å². The molecule has 15 N–H and O–H groups in total. The second kappa shape index (κ2) is 54.5. The van der Waals surface area contributed by atoms with Crippen LogP contribution in [0.1, 0.15) is 312 Å². The number of phenols is 3. The molecular weight excluding hydrogens is 1750 g/mol. The lowest BCUT2D eigenvalue weighted by molar-refractivity contribution is -0.122. The quantitative estimate of drug-likeness (QED) is 0.0127. The summed E-state index contributed by atoms with van der Waals surface area (Å²) < 4.78 is 12.0. The molecule has 0 spiro atoms. The van der Waals surface area contributed by atoms with Crippen molar-refractivity contribution in [1.82, 2.24) is 0 Å². The van der Waals surface area contributed by atoms with E-state index in [1.54, 1.807) is 126 Å². The molecule has 0 aromatic heterocycles. The van der Waals surface area contributed by atoms with Crippen LogP contribution in [-0.4, -0.2) is 189 Å². The van der Waals surface area contributed by atoms with Crippen LogP contribution in [0.3, 0.4) is 0 Å². The Morgan fingerprint density at radius 1 is 0.358 bits per heavy atom. The highest BCUT2D eigenvalue weighted by Gasteiger charge is 2.39. The van der Waals surface area contributed by atoms with Gasteiger partial charge in [0.05, 0.1) is 70.0 Å². The second-order valence-corrected chi connectivity index (χ2v) is 39.6. The van der Waals surface area contributed by atoms with Crippen molar-refractivity contribution in [3.8, 4) is 28.7 Å². The van der Waals surface area contributed by atoms with Crippen molar-refractivity contribution in [2.24, 2.45) is 29.6 Å². The average Bonchev–Trinajstić information content (AvgIpc) is 0.772. The molecule has 0 bridgehead atoms. The number of aromatic carboxylic acids is 5. The highest BCUT2D eigenvalue weighted by molar-refractivity contribution is 5.94. The molecule has 0 aliphatic carbocycles. The Kier molecular flexibility index (Phi) is 47.6. The second-order valence-electron chi connectivity index (χ2n) is 39.6. The number of allylic oxidation sites excluding steroid dienone is 11. The molecule has 0 fully saturated rings. The molecule has 27 nitrogen and oxygen atoms in total. The number of fused-ring (bicyclic) bond motifs is 2. The predicted octanol–water partition coefficient (Wildman–Crippen LogP) is 18.0. The number of carboxylic acid groups (broad SMARTS) is 5. The van der Waals surface area contributed by atoms with E-state index < -0.39 is 70.1 Å². The van der Waals surface area contributed by atoms with Gasteiger partial charge in [0.2, 0.25) is 0 Å². The fraction of sp³-hybridized carbons (Fsp3) is 0.491. The number of benzene rings is 5. The molecule has 0 saturated carbocycles. The summed E-state index contributed by atoms with van der Waals surface area (Å²) in [5, 5.41) is 146. The Labute approximate surface area is 807 Å². The number of aliphatic hydroxyl groups excluding tert-OH is 4. The minimum Gasteiger partial charge on any atom is -0.507 e. The van der Waals surface area contributed by atoms with Gasteiger partial charge in [-0.25, -0.2) is 24.0 Å². The zero-order valence-corrected chi connectivity index (χ0v) is 84.2. The minimum atomic E-state index is -1.09. The standard InChI is InChI=1S/2C22H30O6.3C22H30O5/c1-13(17(23)8-9-21(2,3)27)6-7-14-10-16(20(25)26)11-15-12-18(24)22(4,5)28-19(14)15;1-14(13-23)5-7-16-11-18(21(26)27)12-17(20(16)25)8-6-15(2)19(24)9-10-22(3,4)28;1-13(2)6-9-18(23)14(3)7-8-15-10-17(21(25)26)11-16-12-19(24)22(4,5)27-20(15)16;1-14(2)6-8-16-12-18(21(25)26)13-17(20(16)24)9-7-15(3)19(23)10-11-22(4,5)27;1-14(2)5-10-20(24)16(4)7-9-18-12-19(22(26)27)11-17(21(18)25)8-6-15(3)13-23/h8-11,13,18,24,27H,6-7,12H2,1-5H3,(H,25,26);5,9-12,15,23,25,28H,6-8,13H2,1-4H3,(H,26,27);6,10-11,14,19,24H,7-9,12H2,1-5H3,(H,25,26);6,10-13,15,24,27H,7-9H2,1-5H3,(H,25,26);5-6,11-12,16,23,25H,7-10,13H2,1-4H3,(H,26,27)/b9-8+;10-9+,14-5+;;11-10+;15-6+. The zero-order chi connectivity index (χ0) is 104. The molecule has 0 amide bonds. The number of ether oxygens (including phenoxy) is 2. The van der Waals surface area contributed by atoms with Gasteiger partial charge in [0.15, 0.2) is 17.3 Å². The van der Waals surface area contributed by atoms with E-state index >= 15 is 0 Å². The molecule has 0 saturated heterocycles. The predicted molar refractivity (Wildman–Crippen MR) is 530 cm³/mol. The number of rotatable bonds is 43. The van der Waals surface area contributed by atoms with Gasteiger partial charge in [0.25, 0.3) is 0 Å². The molecule has 137 heavy (non-hydrogen) atoms. The SMILES string of the molecule is C/C(=C\Cc1cc(C(=O)O)cc(CCC(C)C(=O)/C=C/C(C)(C)O)c1O)CO.CC(C)=CCC(=O)C(C)CCc1cc(C(=O)O)cc(C/C=C(\C)CO)c1O.CC(C)=CCC(=O)C(C)CCc1cc(C(=O)O)cc2c1OC(C)(C)C(O)C2.CC(C)=CCc1cc(C(=O)O)cc(CCC(C)C(=O)/C=C/C(C)(C)O)c1O.CC(CCc1cc(C(=O)O)cc2c1OC(C)(C)C(O)C2)C(=O)/C=C/C(C)(C)O. The van der Waals surface area contributed by atoms with Gasteiger partial charge in [-0.05, 0) is 343 Å². The Morgan fingerprint density at radius 2 is 0.584 bits per heavy atom. The number of hydrogen-bond donors (Lipinski definition) is 15. The van der Waals surface area contributed by atoms with Gasteiger partial charge in [-0.2, -0.15) is 0 Å². The molecule has 7 rings (SSSR count). The third kappa shape index (κ3) is 42.1. The van der Waals surface area contributed by atoms with Crippen molar-refractivity contribution in [2.75, 3.05) is 13.2 Å². The molecule has 7 atom stereocenters. The van der Waals surface area contributed by atoms with Crippen LogP contribution < -0.4 is 9.47 Å². The number of ketones is 5. The molecule has 5 aromatic carbocycles. The molecule has 27 heteroatoms. The lowest BCUT2D eigenvalue weighted by Crippen LogP contribution is -2.46. The summed E-state index contributed by atoms with van der Waals surface area (Å²) in [6.07, 6.45) is 23.6. The molecule has 752 valence electrons. The Hall–Kier alpha value is -11.6. The number of aliphatic hydroxyl groups is 7. The van der Waals surface area contributed by atoms with E-state index in [1.807, 2.05) is 87.5 Å². The lowest BCUT2D eigenvalue weighted by Gasteiger charge is -2.38. The maximum atomic E-state index is 12.3. The number of aryl methyl sites for hydroxylation is 5. The van der Waals surface area contributed by atoms with E-state index in [0.717, 1.165) is 39.0 Å². The maximum Gasteiger partial charge on any atom is 0.335 e. The summed E-state index contributed by atoms with van der Waals surface area (Å²) in [6, 6.07) is 15.0. The lowest BCUT2D eigenvalue weighted by atomic mass is 9.87. The number of carbonyl (C=O) groups excluding carboxylic acids is 5. The van der Waals surface area contributed by atoms with Crippen LogP contribution in [0.5, 0.6) is 28.7 Å². The van der Waals surface area contributed by atoms with Gasteiger partial charge >= 0.3 is 29.8 Å². The van der Waals surface area contributed by atoms with E-state index in [9.17, 15) is 114 Å². The van der Waals surface area contributed by atoms with Crippen molar-refractivity contribution in [2.45, 2.75) is 309 Å². The Morgan fingerprint density at radius 3 is 0.825 bits per heavy atom. The molecular formula is C110H150O27. The van der Waals surface area contributed by atoms with Crippen molar-refractivity contribution in [1.29, 1.82) is 0 Å². The van der Waals surface area contributed by atoms with Crippen LogP contribution in [0.25, 0.3) is 0 Å².